The molecular formula is C9H14N2O3S2. The van der Waals surface area contributed by atoms with Gasteiger partial charge in [0.25, 0.3) is 5.91 Å². The highest BCUT2D eigenvalue weighted by Gasteiger charge is 2.22. The maximum Gasteiger partial charge on any atom is 0.254 e. The Kier molecular flexibility index (Phi) is 3.72. The average Bonchev–Trinajstić information content (AvgIpc) is 2.57. The number of nitrogens with two attached hydrogens (primary N) is 1. The van der Waals surface area contributed by atoms with Crippen LogP contribution in [0.5, 0.6) is 0 Å². The Labute approximate surface area is 98.9 Å². The lowest BCUT2D eigenvalue weighted by Gasteiger charge is -2.13. The summed E-state index contributed by atoms with van der Waals surface area (Å²) in [6.07, 6.45) is 0. The number of thiophene rings is 1. The van der Waals surface area contributed by atoms with E-state index in [-0.39, 0.29) is 10.1 Å². The van der Waals surface area contributed by atoms with Crippen molar-refractivity contribution in [1.82, 2.24) is 4.90 Å². The third kappa shape index (κ3) is 2.42. The fourth-order valence-corrected chi connectivity index (χ4v) is 3.25. The summed E-state index contributed by atoms with van der Waals surface area (Å²) in [4.78, 5) is 13.3. The molecule has 0 aliphatic rings. The minimum absolute atomic E-state index is 0.0559. The van der Waals surface area contributed by atoms with Crippen molar-refractivity contribution in [2.24, 2.45) is 5.14 Å². The Morgan fingerprint density at radius 1 is 1.56 bits per heavy atom. The second-order valence-corrected chi connectivity index (χ2v) is 6.06. The maximum atomic E-state index is 11.8. The zero-order valence-corrected chi connectivity index (χ0v) is 11.0. The van der Waals surface area contributed by atoms with Gasteiger partial charge in [-0.05, 0) is 19.4 Å². The Hall–Kier alpha value is -0.920. The van der Waals surface area contributed by atoms with Crippen LogP contribution in [-0.2, 0) is 10.0 Å². The van der Waals surface area contributed by atoms with E-state index < -0.39 is 10.0 Å². The zero-order valence-electron chi connectivity index (χ0n) is 9.35. The molecule has 5 nitrogen and oxygen atoms in total. The van der Waals surface area contributed by atoms with Gasteiger partial charge in [-0.1, -0.05) is 0 Å². The van der Waals surface area contributed by atoms with Crippen molar-refractivity contribution in [3.63, 3.8) is 0 Å². The van der Waals surface area contributed by atoms with Crippen molar-refractivity contribution < 1.29 is 13.2 Å². The fraction of sp³-hybridized carbons (Fsp3) is 0.444. The average molecular weight is 262 g/mol. The summed E-state index contributed by atoms with van der Waals surface area (Å²) in [6.45, 7) is 4.01. The van der Waals surface area contributed by atoms with Gasteiger partial charge in [0.15, 0.2) is 0 Å². The van der Waals surface area contributed by atoms with E-state index in [4.69, 9.17) is 5.14 Å². The van der Waals surface area contributed by atoms with Crippen LogP contribution in [0.2, 0.25) is 0 Å². The van der Waals surface area contributed by atoms with Crippen molar-refractivity contribution in [1.29, 1.82) is 0 Å². The van der Waals surface area contributed by atoms with Gasteiger partial charge in [-0.3, -0.25) is 4.79 Å². The first kappa shape index (κ1) is 13.1. The molecule has 7 heteroatoms. The molecule has 0 bridgehead atoms. The van der Waals surface area contributed by atoms with Crippen LogP contribution < -0.4 is 5.14 Å². The summed E-state index contributed by atoms with van der Waals surface area (Å²) < 4.78 is 22.4. The van der Waals surface area contributed by atoms with E-state index in [1.54, 1.807) is 14.0 Å². The number of rotatable bonds is 3. The SMILES string of the molecule is CCN(C)C(=O)c1csc(S(N)(=O)=O)c1C. The quantitative estimate of drug-likeness (QED) is 0.874. The molecule has 1 aromatic heterocycles. The first-order valence-corrected chi connectivity index (χ1v) is 7.08. The van der Waals surface area contributed by atoms with Crippen LogP contribution in [0.25, 0.3) is 0 Å². The number of amides is 1. The number of sulfonamides is 1. The first-order valence-electron chi connectivity index (χ1n) is 4.65. The van der Waals surface area contributed by atoms with Gasteiger partial charge >= 0.3 is 0 Å². The van der Waals surface area contributed by atoms with E-state index in [1.165, 1.54) is 10.3 Å². The largest absolute Gasteiger partial charge is 0.342 e. The number of carbonyl (C=O) groups excluding carboxylic acids is 1. The van der Waals surface area contributed by atoms with Gasteiger partial charge in [-0.25, -0.2) is 13.6 Å². The summed E-state index contributed by atoms with van der Waals surface area (Å²) in [5.74, 6) is -0.189. The molecule has 1 heterocycles. The topological polar surface area (TPSA) is 80.5 Å². The van der Waals surface area contributed by atoms with Gasteiger partial charge in [0, 0.05) is 19.0 Å². The van der Waals surface area contributed by atoms with E-state index >= 15 is 0 Å². The fourth-order valence-electron chi connectivity index (χ4n) is 1.24. The number of nitrogens with zero attached hydrogens (tertiary/aromatic N) is 1. The third-order valence-electron chi connectivity index (χ3n) is 2.30. The molecule has 0 fully saturated rings. The summed E-state index contributed by atoms with van der Waals surface area (Å²) in [7, 11) is -2.07. The second-order valence-electron chi connectivity index (χ2n) is 3.43. The van der Waals surface area contributed by atoms with E-state index in [0.29, 0.717) is 17.7 Å². The predicted molar refractivity (Wildman–Crippen MR) is 63.1 cm³/mol. The molecule has 1 rings (SSSR count). The summed E-state index contributed by atoms with van der Waals surface area (Å²) >= 11 is 0.979. The molecule has 0 spiro atoms. The molecule has 0 unspecified atom stereocenters. The molecule has 16 heavy (non-hydrogen) atoms. The molecule has 2 N–H and O–H groups in total. The van der Waals surface area contributed by atoms with Crippen molar-refractivity contribution in [2.75, 3.05) is 13.6 Å². The molecule has 0 saturated heterocycles. The minimum Gasteiger partial charge on any atom is -0.342 e. The van der Waals surface area contributed by atoms with Crippen molar-refractivity contribution >= 4 is 27.3 Å². The van der Waals surface area contributed by atoms with E-state index in [1.807, 2.05) is 6.92 Å². The van der Waals surface area contributed by atoms with Crippen molar-refractivity contribution in [3.05, 3.63) is 16.5 Å². The molecule has 0 saturated carbocycles. The van der Waals surface area contributed by atoms with Crippen molar-refractivity contribution in [3.8, 4) is 0 Å². The Morgan fingerprint density at radius 2 is 2.12 bits per heavy atom. The lowest BCUT2D eigenvalue weighted by atomic mass is 10.2. The highest BCUT2D eigenvalue weighted by atomic mass is 32.2. The molecule has 0 aliphatic heterocycles. The number of primary sulfonamides is 1. The van der Waals surface area contributed by atoms with E-state index in [2.05, 4.69) is 0 Å². The number of hydrogen-bond acceptors (Lipinski definition) is 4. The standard InChI is InChI=1S/C9H14N2O3S2/c1-4-11(3)8(12)7-5-15-9(6(7)2)16(10,13)14/h5H,4H2,1-3H3,(H2,10,13,14). The normalized spacial score (nSPS) is 11.5. The van der Waals surface area contributed by atoms with Gasteiger partial charge in [-0.2, -0.15) is 0 Å². The summed E-state index contributed by atoms with van der Waals surface area (Å²) in [5.41, 5.74) is 0.830. The third-order valence-corrected chi connectivity index (χ3v) is 4.99. The maximum absolute atomic E-state index is 11.8. The summed E-state index contributed by atoms with van der Waals surface area (Å²) in [5, 5.41) is 6.57. The number of carbonyl (C=O) groups is 1. The molecule has 1 aromatic rings. The van der Waals surface area contributed by atoms with E-state index in [0.717, 1.165) is 11.3 Å². The lowest BCUT2D eigenvalue weighted by molar-refractivity contribution is 0.0802. The first-order chi connectivity index (χ1) is 7.29. The molecule has 90 valence electrons. The Balaban J connectivity index is 3.20. The second kappa shape index (κ2) is 4.52. The van der Waals surface area contributed by atoms with E-state index in [9.17, 15) is 13.2 Å². The number of hydrogen-bond donors (Lipinski definition) is 1. The predicted octanol–water partition coefficient (Wildman–Crippen LogP) is 0.796. The van der Waals surface area contributed by atoms with Crippen LogP contribution >= 0.6 is 11.3 Å². The lowest BCUT2D eigenvalue weighted by Crippen LogP contribution is -2.26. The van der Waals surface area contributed by atoms with Gasteiger partial charge in [0.05, 0.1) is 5.56 Å². The molecule has 0 aromatic carbocycles. The van der Waals surface area contributed by atoms with Crippen LogP contribution in [0.3, 0.4) is 0 Å². The Bertz CT molecular complexity index is 505. The molecule has 0 aliphatic carbocycles. The molecule has 0 radical (unpaired) electrons. The van der Waals surface area contributed by atoms with Crippen LogP contribution in [0, 0.1) is 6.92 Å². The highest BCUT2D eigenvalue weighted by molar-refractivity contribution is 7.91. The van der Waals surface area contributed by atoms with Gasteiger partial charge in [0.2, 0.25) is 10.0 Å². The van der Waals surface area contributed by atoms with Gasteiger partial charge in [0.1, 0.15) is 4.21 Å². The highest BCUT2D eigenvalue weighted by Crippen LogP contribution is 2.26. The monoisotopic (exact) mass is 262 g/mol. The summed E-state index contributed by atoms with van der Waals surface area (Å²) in [6, 6.07) is 0. The van der Waals surface area contributed by atoms with Crippen molar-refractivity contribution in [2.45, 2.75) is 18.1 Å². The van der Waals surface area contributed by atoms with Crippen LogP contribution in [-0.4, -0.2) is 32.8 Å². The Morgan fingerprint density at radius 3 is 2.50 bits per heavy atom. The van der Waals surface area contributed by atoms with Gasteiger partial charge < -0.3 is 4.90 Å². The zero-order chi connectivity index (χ0) is 12.5. The van der Waals surface area contributed by atoms with Crippen LogP contribution in [0.4, 0.5) is 0 Å². The van der Waals surface area contributed by atoms with Gasteiger partial charge in [-0.15, -0.1) is 11.3 Å². The molecule has 1 amide bonds. The minimum atomic E-state index is -3.73. The van der Waals surface area contributed by atoms with Crippen LogP contribution in [0.15, 0.2) is 9.59 Å². The van der Waals surface area contributed by atoms with Crippen LogP contribution in [0.1, 0.15) is 22.8 Å². The molecular weight excluding hydrogens is 248 g/mol. The smallest absolute Gasteiger partial charge is 0.254 e. The molecule has 0 atom stereocenters.